The van der Waals surface area contributed by atoms with Gasteiger partial charge in [0.1, 0.15) is 6.04 Å². The maximum atomic E-state index is 12.8. The van der Waals surface area contributed by atoms with Crippen molar-refractivity contribution in [3.8, 4) is 0 Å². The Morgan fingerprint density at radius 1 is 1.15 bits per heavy atom. The van der Waals surface area contributed by atoms with E-state index in [1.807, 2.05) is 51.1 Å². The van der Waals surface area contributed by atoms with Crippen LogP contribution in [0, 0.1) is 0 Å². The molecule has 1 saturated heterocycles. The first kappa shape index (κ1) is 19.9. The summed E-state index contributed by atoms with van der Waals surface area (Å²) in [5.74, 6) is -1.32. The van der Waals surface area contributed by atoms with E-state index in [1.54, 1.807) is 4.90 Å². The fraction of sp³-hybridized carbons (Fsp3) is 0.550. The smallest absolute Gasteiger partial charge is 0.326 e. The van der Waals surface area contributed by atoms with Crippen LogP contribution in [0.2, 0.25) is 0 Å². The molecule has 0 aliphatic carbocycles. The summed E-state index contributed by atoms with van der Waals surface area (Å²) in [7, 11) is 0. The van der Waals surface area contributed by atoms with Gasteiger partial charge in [-0.15, -0.1) is 0 Å². The minimum atomic E-state index is -0.970. The normalized spacial score (nSPS) is 17.2. The number of carboxylic acids is 1. The quantitative estimate of drug-likeness (QED) is 0.846. The summed E-state index contributed by atoms with van der Waals surface area (Å²) in [6.07, 6.45) is 1.31. The molecule has 26 heavy (non-hydrogen) atoms. The Balaban J connectivity index is 1.99. The van der Waals surface area contributed by atoms with E-state index in [9.17, 15) is 19.5 Å². The van der Waals surface area contributed by atoms with Crippen LogP contribution in [-0.2, 0) is 20.9 Å². The van der Waals surface area contributed by atoms with E-state index in [1.165, 1.54) is 4.90 Å². The largest absolute Gasteiger partial charge is 0.480 e. The second-order valence-corrected chi connectivity index (χ2v) is 7.72. The van der Waals surface area contributed by atoms with E-state index in [4.69, 9.17) is 0 Å². The van der Waals surface area contributed by atoms with Crippen molar-refractivity contribution in [2.24, 2.45) is 0 Å². The third kappa shape index (κ3) is 5.07. The maximum absolute atomic E-state index is 12.8. The maximum Gasteiger partial charge on any atom is 0.326 e. The number of benzene rings is 1. The standard InChI is InChI=1S/C20H28N2O4/c1-20(2,3)22(14-15-8-5-4-6-9-15)18(24)12-11-17(23)21-13-7-10-16(21)19(25)26/h4-6,8-9,16H,7,10-14H2,1-3H3,(H,25,26)/t16-/m0/s1. The molecule has 2 rings (SSSR count). The summed E-state index contributed by atoms with van der Waals surface area (Å²) in [5, 5.41) is 9.20. The van der Waals surface area contributed by atoms with Crippen LogP contribution in [0.5, 0.6) is 0 Å². The number of carbonyl (C=O) groups is 3. The van der Waals surface area contributed by atoms with Crippen molar-refractivity contribution in [3.63, 3.8) is 0 Å². The molecule has 0 saturated carbocycles. The number of rotatable bonds is 6. The Hall–Kier alpha value is -2.37. The summed E-state index contributed by atoms with van der Waals surface area (Å²) in [6.45, 7) is 6.85. The molecule has 0 radical (unpaired) electrons. The highest BCUT2D eigenvalue weighted by molar-refractivity contribution is 5.87. The van der Waals surface area contributed by atoms with Crippen molar-refractivity contribution in [3.05, 3.63) is 35.9 Å². The molecule has 1 aromatic rings. The van der Waals surface area contributed by atoms with Gasteiger partial charge in [0, 0.05) is 31.5 Å². The van der Waals surface area contributed by atoms with Crippen LogP contribution in [0.15, 0.2) is 30.3 Å². The fourth-order valence-electron chi connectivity index (χ4n) is 3.28. The van der Waals surface area contributed by atoms with Gasteiger partial charge in [-0.3, -0.25) is 9.59 Å². The molecule has 1 atom stereocenters. The molecule has 0 unspecified atom stereocenters. The van der Waals surface area contributed by atoms with Gasteiger partial charge in [0.15, 0.2) is 0 Å². The van der Waals surface area contributed by atoms with E-state index < -0.39 is 12.0 Å². The van der Waals surface area contributed by atoms with Crippen LogP contribution in [-0.4, -0.2) is 50.8 Å². The van der Waals surface area contributed by atoms with Crippen LogP contribution in [0.1, 0.15) is 52.0 Å². The lowest BCUT2D eigenvalue weighted by Crippen LogP contribution is -2.46. The first-order valence-electron chi connectivity index (χ1n) is 9.07. The molecule has 6 nitrogen and oxygen atoms in total. The summed E-state index contributed by atoms with van der Waals surface area (Å²) in [6, 6.07) is 8.99. The lowest BCUT2D eigenvalue weighted by molar-refractivity contribution is -0.148. The molecule has 6 heteroatoms. The van der Waals surface area contributed by atoms with Gasteiger partial charge in [-0.25, -0.2) is 4.79 Å². The van der Waals surface area contributed by atoms with Crippen molar-refractivity contribution >= 4 is 17.8 Å². The average Bonchev–Trinajstić information content (AvgIpc) is 3.07. The van der Waals surface area contributed by atoms with Gasteiger partial charge in [0.25, 0.3) is 0 Å². The van der Waals surface area contributed by atoms with Crippen LogP contribution >= 0.6 is 0 Å². The number of aliphatic carboxylic acids is 1. The molecule has 1 heterocycles. The van der Waals surface area contributed by atoms with Crippen LogP contribution < -0.4 is 0 Å². The molecule has 1 N–H and O–H groups in total. The molecule has 0 bridgehead atoms. The molecule has 142 valence electrons. The summed E-state index contributed by atoms with van der Waals surface area (Å²) in [4.78, 5) is 39.6. The van der Waals surface area contributed by atoms with E-state index >= 15 is 0 Å². The minimum Gasteiger partial charge on any atom is -0.480 e. The number of hydrogen-bond acceptors (Lipinski definition) is 3. The van der Waals surface area contributed by atoms with E-state index in [-0.39, 0.29) is 30.2 Å². The number of carboxylic acid groups (broad SMARTS) is 1. The lowest BCUT2D eigenvalue weighted by atomic mass is 10.0. The molecule has 1 aromatic carbocycles. The fourth-order valence-corrected chi connectivity index (χ4v) is 3.28. The number of likely N-dealkylation sites (tertiary alicyclic amines) is 1. The molecule has 0 spiro atoms. The number of carbonyl (C=O) groups excluding carboxylic acids is 2. The van der Waals surface area contributed by atoms with Crippen molar-refractivity contribution in [2.45, 2.75) is 64.6 Å². The Bertz CT molecular complexity index is 652. The van der Waals surface area contributed by atoms with Gasteiger partial charge in [-0.2, -0.15) is 0 Å². The van der Waals surface area contributed by atoms with E-state index in [0.29, 0.717) is 25.9 Å². The predicted octanol–water partition coefficient (Wildman–Crippen LogP) is 2.67. The van der Waals surface area contributed by atoms with Crippen molar-refractivity contribution in [1.29, 1.82) is 0 Å². The van der Waals surface area contributed by atoms with Crippen LogP contribution in [0.4, 0.5) is 0 Å². The highest BCUT2D eigenvalue weighted by Gasteiger charge is 2.34. The molecule has 1 fully saturated rings. The number of nitrogens with zero attached hydrogens (tertiary/aromatic N) is 2. The highest BCUT2D eigenvalue weighted by atomic mass is 16.4. The first-order valence-corrected chi connectivity index (χ1v) is 9.07. The molecular weight excluding hydrogens is 332 g/mol. The Labute approximate surface area is 154 Å². The molecular formula is C20H28N2O4. The Morgan fingerprint density at radius 3 is 2.38 bits per heavy atom. The highest BCUT2D eigenvalue weighted by Crippen LogP contribution is 2.22. The molecule has 2 amide bonds. The molecule has 1 aliphatic heterocycles. The second kappa shape index (κ2) is 8.34. The van der Waals surface area contributed by atoms with Gasteiger partial charge in [-0.1, -0.05) is 30.3 Å². The average molecular weight is 360 g/mol. The first-order chi connectivity index (χ1) is 12.2. The predicted molar refractivity (Wildman–Crippen MR) is 98.3 cm³/mol. The van der Waals surface area contributed by atoms with Gasteiger partial charge in [0.2, 0.25) is 11.8 Å². The van der Waals surface area contributed by atoms with Gasteiger partial charge in [-0.05, 0) is 39.2 Å². The summed E-state index contributed by atoms with van der Waals surface area (Å²) in [5.41, 5.74) is 0.667. The molecule has 0 aromatic heterocycles. The van der Waals surface area contributed by atoms with E-state index in [0.717, 1.165) is 5.56 Å². The van der Waals surface area contributed by atoms with Crippen LogP contribution in [0.25, 0.3) is 0 Å². The lowest BCUT2D eigenvalue weighted by Gasteiger charge is -2.36. The number of hydrogen-bond donors (Lipinski definition) is 1. The number of amides is 2. The SMILES string of the molecule is CC(C)(C)N(Cc1ccccc1)C(=O)CCC(=O)N1CCC[C@H]1C(=O)O. The third-order valence-electron chi connectivity index (χ3n) is 4.71. The molecule has 1 aliphatic rings. The van der Waals surface area contributed by atoms with E-state index in [2.05, 4.69) is 0 Å². The topological polar surface area (TPSA) is 77.9 Å². The summed E-state index contributed by atoms with van der Waals surface area (Å²) < 4.78 is 0. The summed E-state index contributed by atoms with van der Waals surface area (Å²) >= 11 is 0. The van der Waals surface area contributed by atoms with Gasteiger partial charge < -0.3 is 14.9 Å². The van der Waals surface area contributed by atoms with Crippen molar-refractivity contribution < 1.29 is 19.5 Å². The Kier molecular flexibility index (Phi) is 6.40. The van der Waals surface area contributed by atoms with Crippen molar-refractivity contribution in [2.75, 3.05) is 6.54 Å². The zero-order chi connectivity index (χ0) is 19.3. The minimum absolute atomic E-state index is 0.0456. The second-order valence-electron chi connectivity index (χ2n) is 7.72. The van der Waals surface area contributed by atoms with Crippen molar-refractivity contribution in [1.82, 2.24) is 9.80 Å². The monoisotopic (exact) mass is 360 g/mol. The zero-order valence-corrected chi connectivity index (χ0v) is 15.8. The van der Waals surface area contributed by atoms with Crippen LogP contribution in [0.3, 0.4) is 0 Å². The van der Waals surface area contributed by atoms with Gasteiger partial charge >= 0.3 is 5.97 Å². The van der Waals surface area contributed by atoms with Gasteiger partial charge in [0.05, 0.1) is 0 Å². The zero-order valence-electron chi connectivity index (χ0n) is 15.8. The third-order valence-corrected chi connectivity index (χ3v) is 4.71. The Morgan fingerprint density at radius 2 is 1.81 bits per heavy atom.